The van der Waals surface area contributed by atoms with Crippen molar-refractivity contribution >= 4 is 17.7 Å². The van der Waals surface area contributed by atoms with Gasteiger partial charge in [-0.25, -0.2) is 4.79 Å². The summed E-state index contributed by atoms with van der Waals surface area (Å²) in [6.45, 7) is 9.06. The highest BCUT2D eigenvalue weighted by Crippen LogP contribution is 2.25. The molecule has 0 aliphatic carbocycles. The molecule has 2 rings (SSSR count). The van der Waals surface area contributed by atoms with Gasteiger partial charge in [0.25, 0.3) is 5.91 Å². The molecule has 1 unspecified atom stereocenters. The van der Waals surface area contributed by atoms with Crippen molar-refractivity contribution in [1.29, 1.82) is 0 Å². The summed E-state index contributed by atoms with van der Waals surface area (Å²) in [6.07, 6.45) is 1.58. The van der Waals surface area contributed by atoms with E-state index in [-0.39, 0.29) is 18.2 Å². The normalized spacial score (nSPS) is 11.5. The number of nitrogens with zero attached hydrogens (tertiary/aromatic N) is 2. The fraction of sp³-hybridized carbons (Fsp3) is 0.348. The summed E-state index contributed by atoms with van der Waals surface area (Å²) in [5.74, 6) is -0.529. The minimum absolute atomic E-state index is 0.192. The van der Waals surface area contributed by atoms with Crippen LogP contribution in [0.25, 0.3) is 0 Å². The third-order valence-corrected chi connectivity index (χ3v) is 5.31. The molecule has 0 spiro atoms. The molecular formula is C23H28N2O5. The Kier molecular flexibility index (Phi) is 7.21. The van der Waals surface area contributed by atoms with Crippen LogP contribution in [-0.4, -0.2) is 53.9 Å². The van der Waals surface area contributed by atoms with E-state index < -0.39 is 12.0 Å². The Hall–Kier alpha value is -3.35. The molecule has 0 saturated carbocycles. The summed E-state index contributed by atoms with van der Waals surface area (Å²) in [6, 6.07) is 6.00. The van der Waals surface area contributed by atoms with Gasteiger partial charge in [0.05, 0.1) is 20.3 Å². The molecule has 30 heavy (non-hydrogen) atoms. The number of benzene rings is 1. The lowest BCUT2D eigenvalue weighted by Gasteiger charge is -2.27. The summed E-state index contributed by atoms with van der Waals surface area (Å²) >= 11 is 0. The van der Waals surface area contributed by atoms with Gasteiger partial charge in [0, 0.05) is 30.4 Å². The maximum atomic E-state index is 13.4. The second kappa shape index (κ2) is 9.43. The number of ketones is 1. The average Bonchev–Trinajstić information content (AvgIpc) is 2.98. The van der Waals surface area contributed by atoms with Crippen LogP contribution in [0.15, 0.2) is 36.9 Å². The highest BCUT2D eigenvalue weighted by Gasteiger charge is 2.32. The van der Waals surface area contributed by atoms with Gasteiger partial charge < -0.3 is 18.9 Å². The van der Waals surface area contributed by atoms with E-state index in [2.05, 4.69) is 6.58 Å². The van der Waals surface area contributed by atoms with Crippen LogP contribution in [0.5, 0.6) is 5.75 Å². The van der Waals surface area contributed by atoms with Gasteiger partial charge in [-0.05, 0) is 44.5 Å². The molecule has 0 N–H and O–H groups in total. The number of Topliss-reactive ketones (excluding diaryl/α,β-unsaturated/α-hetero) is 1. The van der Waals surface area contributed by atoms with E-state index in [1.54, 1.807) is 62.7 Å². The largest absolute Gasteiger partial charge is 0.497 e. The molecule has 7 nitrogen and oxygen atoms in total. The zero-order chi connectivity index (χ0) is 22.6. The Morgan fingerprint density at radius 3 is 2.47 bits per heavy atom. The topological polar surface area (TPSA) is 77.8 Å². The number of carbonyl (C=O) groups excluding carboxylic acids is 3. The Bertz CT molecular complexity index is 990. The third-order valence-electron chi connectivity index (χ3n) is 5.31. The minimum atomic E-state index is -0.771. The lowest BCUT2D eigenvalue weighted by Crippen LogP contribution is -2.43. The quantitative estimate of drug-likeness (QED) is 0.378. The van der Waals surface area contributed by atoms with Crippen molar-refractivity contribution in [3.05, 3.63) is 65.0 Å². The second-order valence-electron chi connectivity index (χ2n) is 7.00. The fourth-order valence-electron chi connectivity index (χ4n) is 3.55. The van der Waals surface area contributed by atoms with Gasteiger partial charge in [-0.3, -0.25) is 9.59 Å². The van der Waals surface area contributed by atoms with E-state index in [0.717, 1.165) is 0 Å². The summed E-state index contributed by atoms with van der Waals surface area (Å²) in [4.78, 5) is 40.2. The first-order chi connectivity index (χ1) is 14.2. The first-order valence-electron chi connectivity index (χ1n) is 9.53. The van der Waals surface area contributed by atoms with Crippen molar-refractivity contribution in [1.82, 2.24) is 9.47 Å². The number of hydrogen-bond acceptors (Lipinski definition) is 5. The zero-order valence-electron chi connectivity index (χ0n) is 18.3. The molecule has 2 aromatic rings. The van der Waals surface area contributed by atoms with Gasteiger partial charge >= 0.3 is 5.97 Å². The monoisotopic (exact) mass is 412 g/mol. The predicted molar refractivity (Wildman–Crippen MR) is 114 cm³/mol. The van der Waals surface area contributed by atoms with Crippen molar-refractivity contribution in [3.8, 4) is 5.75 Å². The maximum Gasteiger partial charge on any atom is 0.354 e. The van der Waals surface area contributed by atoms with Gasteiger partial charge in [-0.15, -0.1) is 6.58 Å². The van der Waals surface area contributed by atoms with Gasteiger partial charge in [-0.2, -0.15) is 0 Å². The van der Waals surface area contributed by atoms with E-state index in [1.165, 1.54) is 19.1 Å². The lowest BCUT2D eigenvalue weighted by atomic mass is 9.99. The van der Waals surface area contributed by atoms with E-state index in [1.807, 2.05) is 0 Å². The van der Waals surface area contributed by atoms with Crippen molar-refractivity contribution in [2.24, 2.45) is 7.05 Å². The Labute approximate surface area is 176 Å². The molecule has 160 valence electrons. The first-order valence-corrected chi connectivity index (χ1v) is 9.53. The summed E-state index contributed by atoms with van der Waals surface area (Å²) in [7, 11) is 4.53. The Balaban J connectivity index is 2.46. The summed E-state index contributed by atoms with van der Waals surface area (Å²) in [5, 5.41) is 0. The van der Waals surface area contributed by atoms with E-state index >= 15 is 0 Å². The van der Waals surface area contributed by atoms with Crippen LogP contribution in [0.1, 0.15) is 49.4 Å². The molecule has 0 radical (unpaired) electrons. The maximum absolute atomic E-state index is 13.4. The van der Waals surface area contributed by atoms with Crippen molar-refractivity contribution in [2.45, 2.75) is 26.8 Å². The number of hydrogen-bond donors (Lipinski definition) is 0. The summed E-state index contributed by atoms with van der Waals surface area (Å²) < 4.78 is 11.7. The van der Waals surface area contributed by atoms with Gasteiger partial charge in [0.2, 0.25) is 0 Å². The molecule has 0 bridgehead atoms. The number of amides is 1. The van der Waals surface area contributed by atoms with Crippen molar-refractivity contribution < 1.29 is 23.9 Å². The highest BCUT2D eigenvalue weighted by molar-refractivity contribution is 6.07. The number of carbonyl (C=O) groups is 3. The highest BCUT2D eigenvalue weighted by atomic mass is 16.5. The smallest absolute Gasteiger partial charge is 0.354 e. The van der Waals surface area contributed by atoms with Crippen LogP contribution in [0.4, 0.5) is 0 Å². The van der Waals surface area contributed by atoms with Crippen molar-refractivity contribution in [3.63, 3.8) is 0 Å². The van der Waals surface area contributed by atoms with Crippen LogP contribution in [-0.2, 0) is 11.8 Å². The van der Waals surface area contributed by atoms with Gasteiger partial charge in [-0.1, -0.05) is 12.1 Å². The molecule has 1 aromatic carbocycles. The van der Waals surface area contributed by atoms with Crippen LogP contribution in [0.2, 0.25) is 0 Å². The number of ether oxygens (including phenoxy) is 2. The number of rotatable bonds is 8. The molecule has 1 heterocycles. The van der Waals surface area contributed by atoms with E-state index in [0.29, 0.717) is 33.8 Å². The fourth-order valence-corrected chi connectivity index (χ4v) is 3.55. The van der Waals surface area contributed by atoms with Crippen LogP contribution in [0, 0.1) is 13.8 Å². The molecular weight excluding hydrogens is 384 g/mol. The van der Waals surface area contributed by atoms with Gasteiger partial charge in [0.15, 0.2) is 5.78 Å². The lowest BCUT2D eigenvalue weighted by molar-refractivity contribution is 0.0588. The van der Waals surface area contributed by atoms with Gasteiger partial charge in [0.1, 0.15) is 11.4 Å². The SMILES string of the molecule is C=CCN(C(=O)c1cccc(OC)c1)C(C)C(=O)c1c(C)c(C(=O)OC)n(C)c1C. The van der Waals surface area contributed by atoms with Crippen LogP contribution < -0.4 is 4.74 Å². The zero-order valence-corrected chi connectivity index (χ0v) is 18.3. The molecule has 0 aliphatic heterocycles. The average molecular weight is 412 g/mol. The molecule has 1 atom stereocenters. The minimum Gasteiger partial charge on any atom is -0.497 e. The van der Waals surface area contributed by atoms with E-state index in [9.17, 15) is 14.4 Å². The summed E-state index contributed by atoms with van der Waals surface area (Å²) in [5.41, 5.74) is 2.31. The molecule has 0 saturated heterocycles. The Morgan fingerprint density at radius 1 is 1.23 bits per heavy atom. The van der Waals surface area contributed by atoms with Crippen molar-refractivity contribution in [2.75, 3.05) is 20.8 Å². The standard InChI is InChI=1S/C23H28N2O5/c1-8-12-25(22(27)17-10-9-11-18(13-17)29-6)16(4)21(26)19-14(2)20(23(28)30-7)24(5)15(19)3/h8-11,13,16H,1,12H2,2-7H3. The number of methoxy groups -OCH3 is 2. The number of aromatic nitrogens is 1. The molecule has 1 amide bonds. The molecule has 0 fully saturated rings. The predicted octanol–water partition coefficient (Wildman–Crippen LogP) is 3.34. The molecule has 0 aliphatic rings. The Morgan fingerprint density at radius 2 is 1.90 bits per heavy atom. The second-order valence-corrected chi connectivity index (χ2v) is 7.00. The van der Waals surface area contributed by atoms with Crippen LogP contribution >= 0.6 is 0 Å². The third kappa shape index (κ3) is 4.15. The van der Waals surface area contributed by atoms with Crippen LogP contribution in [0.3, 0.4) is 0 Å². The van der Waals surface area contributed by atoms with E-state index in [4.69, 9.17) is 9.47 Å². The molecule has 7 heteroatoms. The number of esters is 1. The molecule has 1 aromatic heterocycles. The first kappa shape index (κ1) is 22.9.